The van der Waals surface area contributed by atoms with Crippen LogP contribution in [0, 0.1) is 0 Å². The molecule has 1 fully saturated rings. The van der Waals surface area contributed by atoms with E-state index in [4.69, 9.17) is 27.9 Å². The van der Waals surface area contributed by atoms with Crippen LogP contribution in [-0.4, -0.2) is 62.6 Å². The molecule has 1 amide bonds. The van der Waals surface area contributed by atoms with Gasteiger partial charge in [0, 0.05) is 25.2 Å². The van der Waals surface area contributed by atoms with Crippen molar-refractivity contribution in [2.75, 3.05) is 32.2 Å². The van der Waals surface area contributed by atoms with Crippen LogP contribution in [0.1, 0.15) is 6.42 Å². The zero-order valence-electron chi connectivity index (χ0n) is 12.8. The lowest BCUT2D eigenvalue weighted by Crippen LogP contribution is -2.51. The van der Waals surface area contributed by atoms with Crippen molar-refractivity contribution in [3.05, 3.63) is 28.2 Å². The summed E-state index contributed by atoms with van der Waals surface area (Å²) >= 11 is 11.9. The fourth-order valence-corrected chi connectivity index (χ4v) is 4.54. The number of carbonyl (C=O) groups excluding carboxylic acids is 1. The van der Waals surface area contributed by atoms with Gasteiger partial charge in [0.05, 0.1) is 22.6 Å². The topological polar surface area (TPSA) is 66.9 Å². The number of hydrazine groups is 1. The number of amides is 1. The summed E-state index contributed by atoms with van der Waals surface area (Å²) in [5, 5.41) is 3.80. The highest BCUT2D eigenvalue weighted by Gasteiger charge is 2.36. The Morgan fingerprint density at radius 3 is 2.61 bits per heavy atom. The summed E-state index contributed by atoms with van der Waals surface area (Å²) in [4.78, 5) is 12.4. The quantitative estimate of drug-likeness (QED) is 0.729. The van der Waals surface area contributed by atoms with Gasteiger partial charge < -0.3 is 4.74 Å². The van der Waals surface area contributed by atoms with Crippen molar-refractivity contribution < 1.29 is 17.9 Å². The van der Waals surface area contributed by atoms with Crippen LogP contribution in [0.4, 0.5) is 0 Å². The van der Waals surface area contributed by atoms with Crippen LogP contribution in [-0.2, 0) is 14.6 Å². The van der Waals surface area contributed by atoms with Crippen molar-refractivity contribution in [2.24, 2.45) is 0 Å². The molecule has 128 valence electrons. The summed E-state index contributed by atoms with van der Waals surface area (Å²) in [7, 11) is 0.292. The number of benzene rings is 1. The van der Waals surface area contributed by atoms with E-state index in [9.17, 15) is 13.2 Å². The molecule has 1 aromatic rings. The molecule has 0 N–H and O–H groups in total. The smallest absolute Gasteiger partial charge is 0.275 e. The molecule has 1 aliphatic rings. The first-order valence-electron chi connectivity index (χ1n) is 6.97. The van der Waals surface area contributed by atoms with Crippen LogP contribution >= 0.6 is 23.2 Å². The molecule has 0 spiro atoms. The Morgan fingerprint density at radius 2 is 2.04 bits per heavy atom. The number of carbonyl (C=O) groups is 1. The standard InChI is InChI=1S/C14H18Cl2N2O4S/c1-17(2)18(11-5-6-23(20,21)9-11)14(19)8-22-13-7-10(15)3-4-12(13)16/h3-4,7,11H,5-6,8-9H2,1-2H3. The van der Waals surface area contributed by atoms with Crippen molar-refractivity contribution in [1.82, 2.24) is 10.0 Å². The van der Waals surface area contributed by atoms with Gasteiger partial charge >= 0.3 is 0 Å². The largest absolute Gasteiger partial charge is 0.482 e. The molecule has 0 bridgehead atoms. The molecule has 6 nitrogen and oxygen atoms in total. The lowest BCUT2D eigenvalue weighted by Gasteiger charge is -2.33. The Kier molecular flexibility index (Phi) is 5.78. The third-order valence-electron chi connectivity index (χ3n) is 3.49. The number of nitrogens with zero attached hydrogens (tertiary/aromatic N) is 2. The first-order chi connectivity index (χ1) is 10.7. The van der Waals surface area contributed by atoms with E-state index in [1.165, 1.54) is 11.1 Å². The lowest BCUT2D eigenvalue weighted by atomic mass is 10.2. The SMILES string of the molecule is CN(C)N(C(=O)COc1cc(Cl)ccc1Cl)C1CCS(=O)(=O)C1. The second-order valence-corrected chi connectivity index (χ2v) is 8.58. The highest BCUT2D eigenvalue weighted by molar-refractivity contribution is 7.91. The van der Waals surface area contributed by atoms with E-state index in [-0.39, 0.29) is 30.1 Å². The van der Waals surface area contributed by atoms with E-state index in [1.54, 1.807) is 31.2 Å². The van der Waals surface area contributed by atoms with Gasteiger partial charge in [-0.1, -0.05) is 23.2 Å². The van der Waals surface area contributed by atoms with Crippen LogP contribution in [0.3, 0.4) is 0 Å². The minimum atomic E-state index is -3.09. The molecule has 9 heteroatoms. The Bertz CT molecular complexity index is 694. The number of sulfone groups is 1. The number of hydrogen-bond donors (Lipinski definition) is 0. The van der Waals surface area contributed by atoms with Crippen molar-refractivity contribution in [3.8, 4) is 5.75 Å². The summed E-state index contributed by atoms with van der Waals surface area (Å²) in [5.74, 6) is 0.0314. The molecule has 1 unspecified atom stereocenters. The minimum Gasteiger partial charge on any atom is -0.482 e. The van der Waals surface area contributed by atoms with Crippen LogP contribution in [0.15, 0.2) is 18.2 Å². The molecule has 0 saturated carbocycles. The molecule has 23 heavy (non-hydrogen) atoms. The predicted octanol–water partition coefficient (Wildman–Crippen LogP) is 1.86. The third-order valence-corrected chi connectivity index (χ3v) is 5.78. The molecule has 0 radical (unpaired) electrons. The van der Waals surface area contributed by atoms with Gasteiger partial charge in [0.1, 0.15) is 5.75 Å². The Morgan fingerprint density at radius 1 is 1.35 bits per heavy atom. The van der Waals surface area contributed by atoms with Crippen LogP contribution in [0.2, 0.25) is 10.0 Å². The molecule has 1 aliphatic heterocycles. The third kappa shape index (κ3) is 4.73. The lowest BCUT2D eigenvalue weighted by molar-refractivity contribution is -0.151. The van der Waals surface area contributed by atoms with Crippen molar-refractivity contribution >= 4 is 38.9 Å². The fourth-order valence-electron chi connectivity index (χ4n) is 2.52. The Hall–Kier alpha value is -1.02. The van der Waals surface area contributed by atoms with Gasteiger partial charge in [0.15, 0.2) is 16.4 Å². The minimum absolute atomic E-state index is 0.0329. The second kappa shape index (κ2) is 7.25. The molecular formula is C14H18Cl2N2O4S. The van der Waals surface area contributed by atoms with Crippen molar-refractivity contribution in [1.29, 1.82) is 0 Å². The maximum Gasteiger partial charge on any atom is 0.275 e. The average molecular weight is 381 g/mol. The summed E-state index contributed by atoms with van der Waals surface area (Å²) in [5.41, 5.74) is 0. The molecule has 1 atom stereocenters. The highest BCUT2D eigenvalue weighted by Crippen LogP contribution is 2.28. The van der Waals surface area contributed by atoms with Crippen LogP contribution in [0.25, 0.3) is 0 Å². The first kappa shape index (κ1) is 18.3. The number of hydrogen-bond acceptors (Lipinski definition) is 5. The summed E-state index contributed by atoms with van der Waals surface area (Å²) < 4.78 is 28.7. The first-order valence-corrected chi connectivity index (χ1v) is 9.55. The monoisotopic (exact) mass is 380 g/mol. The van der Waals surface area contributed by atoms with Gasteiger partial charge in [-0.05, 0) is 18.6 Å². The van der Waals surface area contributed by atoms with Crippen molar-refractivity contribution in [2.45, 2.75) is 12.5 Å². The molecule has 1 aromatic carbocycles. The van der Waals surface area contributed by atoms with Crippen molar-refractivity contribution in [3.63, 3.8) is 0 Å². The van der Waals surface area contributed by atoms with Crippen LogP contribution in [0.5, 0.6) is 5.75 Å². The number of ether oxygens (including phenoxy) is 1. The van der Waals surface area contributed by atoms with Gasteiger partial charge in [-0.2, -0.15) is 0 Å². The average Bonchev–Trinajstić information content (AvgIpc) is 2.79. The molecule has 1 saturated heterocycles. The van der Waals surface area contributed by atoms with Gasteiger partial charge in [-0.25, -0.2) is 13.4 Å². The maximum absolute atomic E-state index is 12.4. The van der Waals surface area contributed by atoms with Gasteiger partial charge in [0.25, 0.3) is 5.91 Å². The molecular weight excluding hydrogens is 363 g/mol. The van der Waals surface area contributed by atoms with E-state index in [1.807, 2.05) is 0 Å². The molecule has 0 aromatic heterocycles. The maximum atomic E-state index is 12.4. The van der Waals surface area contributed by atoms with Gasteiger partial charge in [-0.15, -0.1) is 0 Å². The fraction of sp³-hybridized carbons (Fsp3) is 0.500. The number of halogens is 2. The molecule has 0 aliphatic carbocycles. The second-order valence-electron chi connectivity index (χ2n) is 5.51. The normalized spacial score (nSPS) is 19.8. The van der Waals surface area contributed by atoms with Crippen LogP contribution < -0.4 is 4.74 Å². The van der Waals surface area contributed by atoms with E-state index in [2.05, 4.69) is 0 Å². The zero-order valence-corrected chi connectivity index (χ0v) is 15.2. The molecule has 2 rings (SSSR count). The molecule has 1 heterocycles. The summed E-state index contributed by atoms with van der Waals surface area (Å²) in [6.45, 7) is -0.255. The predicted molar refractivity (Wildman–Crippen MR) is 89.5 cm³/mol. The van der Waals surface area contributed by atoms with Gasteiger partial charge in [0.2, 0.25) is 0 Å². The Labute approximate surface area is 145 Å². The van der Waals surface area contributed by atoms with Gasteiger partial charge in [-0.3, -0.25) is 9.80 Å². The summed E-state index contributed by atoms with van der Waals surface area (Å²) in [6, 6.07) is 4.35. The highest BCUT2D eigenvalue weighted by atomic mass is 35.5. The van der Waals surface area contributed by atoms with E-state index in [0.29, 0.717) is 22.2 Å². The van der Waals surface area contributed by atoms with E-state index < -0.39 is 9.84 Å². The zero-order chi connectivity index (χ0) is 17.2. The number of rotatable bonds is 5. The Balaban J connectivity index is 2.06. The summed E-state index contributed by atoms with van der Waals surface area (Å²) in [6.07, 6.45) is 0.421. The van der Waals surface area contributed by atoms with E-state index >= 15 is 0 Å². The van der Waals surface area contributed by atoms with E-state index in [0.717, 1.165) is 0 Å².